The van der Waals surface area contributed by atoms with Crippen LogP contribution in [0, 0.1) is 13.8 Å². The van der Waals surface area contributed by atoms with Crippen molar-refractivity contribution in [2.24, 2.45) is 7.05 Å². The second-order valence-corrected chi connectivity index (χ2v) is 3.40. The normalized spacial score (nSPS) is 10.2. The van der Waals surface area contributed by atoms with E-state index in [0.29, 0.717) is 4.47 Å². The van der Waals surface area contributed by atoms with Crippen molar-refractivity contribution in [2.45, 2.75) is 13.8 Å². The fourth-order valence-electron chi connectivity index (χ4n) is 0.940. The number of rotatable bonds is 0. The van der Waals surface area contributed by atoms with Gasteiger partial charge in [0.1, 0.15) is 0 Å². The number of hydrogen-bond acceptors (Lipinski definition) is 1. The molecule has 0 saturated carbocycles. The molecule has 0 aliphatic carbocycles. The number of aryl methyl sites for hydroxylation is 1. The van der Waals surface area contributed by atoms with Crippen molar-refractivity contribution < 1.29 is 0 Å². The minimum atomic E-state index is 0.0538. The van der Waals surface area contributed by atoms with Crippen LogP contribution in [-0.2, 0) is 7.05 Å². The highest BCUT2D eigenvalue weighted by Gasteiger charge is 2.03. The fraction of sp³-hybridized carbons (Fsp3) is 0.375. The molecule has 0 aliphatic heterocycles. The molecule has 0 atom stereocenters. The Bertz CT molecular complexity index is 341. The summed E-state index contributed by atoms with van der Waals surface area (Å²) in [7, 11) is 1.94. The summed E-state index contributed by atoms with van der Waals surface area (Å²) in [6.07, 6.45) is 0. The molecule has 0 saturated heterocycles. The summed E-state index contributed by atoms with van der Waals surface area (Å²) in [5, 5.41) is 0. The van der Waals surface area contributed by atoms with Gasteiger partial charge in [0, 0.05) is 24.5 Å². The van der Waals surface area contributed by atoms with Crippen molar-refractivity contribution in [3.05, 3.63) is 32.2 Å². The number of aromatic nitrogens is 1. The van der Waals surface area contributed by atoms with E-state index in [1.807, 2.05) is 25.5 Å². The lowest BCUT2D eigenvalue weighted by Crippen LogP contribution is -2.11. The van der Waals surface area contributed by atoms with Gasteiger partial charge in [-0.15, -0.1) is 0 Å². The molecular weight excluding hydrogens is 206 g/mol. The standard InChI is InChI=1S/C8H10BrNO/c1-5-4-7(11)8(9)6(2)10(5)3/h4H,1-3H3. The second-order valence-electron chi connectivity index (χ2n) is 2.61. The molecule has 0 bridgehead atoms. The third-order valence-electron chi connectivity index (χ3n) is 1.91. The lowest BCUT2D eigenvalue weighted by molar-refractivity contribution is 0.806. The molecule has 3 heteroatoms. The third kappa shape index (κ3) is 1.38. The highest BCUT2D eigenvalue weighted by atomic mass is 79.9. The van der Waals surface area contributed by atoms with Crippen LogP contribution in [0.2, 0.25) is 0 Å². The zero-order chi connectivity index (χ0) is 8.59. The largest absolute Gasteiger partial charge is 0.351 e. The maximum absolute atomic E-state index is 11.2. The van der Waals surface area contributed by atoms with Crippen molar-refractivity contribution in [2.75, 3.05) is 0 Å². The number of halogens is 1. The lowest BCUT2D eigenvalue weighted by Gasteiger charge is -2.08. The van der Waals surface area contributed by atoms with E-state index in [9.17, 15) is 4.79 Å². The van der Waals surface area contributed by atoms with Gasteiger partial charge in [0.15, 0.2) is 5.43 Å². The molecular formula is C8H10BrNO. The summed E-state index contributed by atoms with van der Waals surface area (Å²) in [5.74, 6) is 0. The Morgan fingerprint density at radius 2 is 2.00 bits per heavy atom. The monoisotopic (exact) mass is 215 g/mol. The van der Waals surface area contributed by atoms with E-state index in [1.54, 1.807) is 6.07 Å². The molecule has 0 unspecified atom stereocenters. The van der Waals surface area contributed by atoms with Gasteiger partial charge in [-0.25, -0.2) is 0 Å². The molecule has 1 heterocycles. The highest BCUT2D eigenvalue weighted by Crippen LogP contribution is 2.10. The molecule has 0 radical (unpaired) electrons. The molecule has 2 nitrogen and oxygen atoms in total. The van der Waals surface area contributed by atoms with Crippen LogP contribution >= 0.6 is 15.9 Å². The van der Waals surface area contributed by atoms with Crippen LogP contribution in [0.1, 0.15) is 11.4 Å². The van der Waals surface area contributed by atoms with Gasteiger partial charge in [-0.3, -0.25) is 4.79 Å². The Balaban J connectivity index is 3.59. The van der Waals surface area contributed by atoms with Crippen molar-refractivity contribution in [3.8, 4) is 0 Å². The third-order valence-corrected chi connectivity index (χ3v) is 2.87. The number of hydrogen-bond donors (Lipinski definition) is 0. The van der Waals surface area contributed by atoms with Crippen LogP contribution in [0.3, 0.4) is 0 Å². The molecule has 60 valence electrons. The van der Waals surface area contributed by atoms with Crippen molar-refractivity contribution in [3.63, 3.8) is 0 Å². The van der Waals surface area contributed by atoms with Gasteiger partial charge >= 0.3 is 0 Å². The molecule has 1 aromatic heterocycles. The van der Waals surface area contributed by atoms with E-state index >= 15 is 0 Å². The maximum Gasteiger partial charge on any atom is 0.196 e. The van der Waals surface area contributed by atoms with Gasteiger partial charge in [0.25, 0.3) is 0 Å². The predicted molar refractivity (Wildman–Crippen MR) is 48.9 cm³/mol. The van der Waals surface area contributed by atoms with Crippen molar-refractivity contribution in [1.29, 1.82) is 0 Å². The Morgan fingerprint density at radius 3 is 2.55 bits per heavy atom. The van der Waals surface area contributed by atoms with Crippen molar-refractivity contribution in [1.82, 2.24) is 4.57 Å². The summed E-state index contributed by atoms with van der Waals surface area (Å²) in [6, 6.07) is 1.62. The summed E-state index contributed by atoms with van der Waals surface area (Å²) < 4.78 is 2.64. The predicted octanol–water partition coefficient (Wildman–Crippen LogP) is 1.76. The molecule has 0 aromatic carbocycles. The fourth-order valence-corrected chi connectivity index (χ4v) is 1.32. The highest BCUT2D eigenvalue weighted by molar-refractivity contribution is 9.10. The van der Waals surface area contributed by atoms with Crippen LogP contribution in [0.5, 0.6) is 0 Å². The Morgan fingerprint density at radius 1 is 1.45 bits per heavy atom. The van der Waals surface area contributed by atoms with E-state index in [0.717, 1.165) is 11.4 Å². The first-order chi connectivity index (χ1) is 5.04. The van der Waals surface area contributed by atoms with Crippen LogP contribution in [0.15, 0.2) is 15.3 Å². The van der Waals surface area contributed by atoms with E-state index in [4.69, 9.17) is 0 Å². The van der Waals surface area contributed by atoms with E-state index < -0.39 is 0 Å². The minimum absolute atomic E-state index is 0.0538. The van der Waals surface area contributed by atoms with E-state index in [-0.39, 0.29) is 5.43 Å². The Hall–Kier alpha value is -0.570. The van der Waals surface area contributed by atoms with Gasteiger partial charge in [-0.2, -0.15) is 0 Å². The van der Waals surface area contributed by atoms with E-state index in [1.165, 1.54) is 0 Å². The van der Waals surface area contributed by atoms with Gasteiger partial charge in [-0.05, 0) is 29.8 Å². The van der Waals surface area contributed by atoms with Gasteiger partial charge < -0.3 is 4.57 Å². The molecule has 1 rings (SSSR count). The maximum atomic E-state index is 11.2. The van der Waals surface area contributed by atoms with Gasteiger partial charge in [0.05, 0.1) is 4.47 Å². The zero-order valence-corrected chi connectivity index (χ0v) is 8.40. The minimum Gasteiger partial charge on any atom is -0.351 e. The summed E-state index contributed by atoms with van der Waals surface area (Å²) in [6.45, 7) is 3.83. The average Bonchev–Trinajstić information content (AvgIpc) is 1.97. The molecule has 0 amide bonds. The zero-order valence-electron chi connectivity index (χ0n) is 6.81. The summed E-state index contributed by atoms with van der Waals surface area (Å²) in [5.41, 5.74) is 2.00. The Labute approximate surface area is 74.0 Å². The van der Waals surface area contributed by atoms with Crippen LogP contribution in [-0.4, -0.2) is 4.57 Å². The average molecular weight is 216 g/mol. The first kappa shape index (κ1) is 8.53. The summed E-state index contributed by atoms with van der Waals surface area (Å²) >= 11 is 3.23. The topological polar surface area (TPSA) is 22.0 Å². The van der Waals surface area contributed by atoms with Crippen LogP contribution in [0.25, 0.3) is 0 Å². The molecule has 1 aromatic rings. The smallest absolute Gasteiger partial charge is 0.196 e. The number of nitrogens with zero attached hydrogens (tertiary/aromatic N) is 1. The van der Waals surface area contributed by atoms with Crippen LogP contribution in [0.4, 0.5) is 0 Å². The van der Waals surface area contributed by atoms with Gasteiger partial charge in [-0.1, -0.05) is 0 Å². The molecule has 11 heavy (non-hydrogen) atoms. The first-order valence-corrected chi connectivity index (χ1v) is 4.16. The number of pyridine rings is 1. The molecule has 0 aliphatic rings. The van der Waals surface area contributed by atoms with Gasteiger partial charge in [0.2, 0.25) is 0 Å². The quantitative estimate of drug-likeness (QED) is 0.647. The summed E-state index contributed by atoms with van der Waals surface area (Å²) in [4.78, 5) is 11.2. The van der Waals surface area contributed by atoms with Crippen LogP contribution < -0.4 is 5.43 Å². The van der Waals surface area contributed by atoms with Crippen molar-refractivity contribution >= 4 is 15.9 Å². The Kier molecular flexibility index (Phi) is 2.18. The lowest BCUT2D eigenvalue weighted by atomic mass is 10.3. The molecule has 0 fully saturated rings. The molecule has 0 spiro atoms. The first-order valence-electron chi connectivity index (χ1n) is 3.36. The SMILES string of the molecule is Cc1cc(=O)c(Br)c(C)n1C. The second kappa shape index (κ2) is 2.81. The van der Waals surface area contributed by atoms with E-state index in [2.05, 4.69) is 15.9 Å². The molecule has 0 N–H and O–H groups in total.